The zero-order valence-corrected chi connectivity index (χ0v) is 9.53. The van der Waals surface area contributed by atoms with Crippen molar-refractivity contribution in [2.45, 2.75) is 6.92 Å². The lowest BCUT2D eigenvalue weighted by Gasteiger charge is -2.04. The second kappa shape index (κ2) is 4.79. The summed E-state index contributed by atoms with van der Waals surface area (Å²) in [5, 5.41) is 8.33. The maximum absolute atomic E-state index is 13.0. The van der Waals surface area contributed by atoms with Gasteiger partial charge in [-0.2, -0.15) is 5.10 Å². The Morgan fingerprint density at radius 3 is 2.72 bits per heavy atom. The van der Waals surface area contributed by atoms with E-state index in [1.54, 1.807) is 6.92 Å². The number of carbonyl (C=O) groups is 1. The van der Waals surface area contributed by atoms with Gasteiger partial charge in [0, 0.05) is 11.6 Å². The van der Waals surface area contributed by atoms with Crippen molar-refractivity contribution in [1.82, 2.24) is 10.2 Å². The van der Waals surface area contributed by atoms with Gasteiger partial charge in [0.15, 0.2) is 5.82 Å². The Hall–Kier alpha value is -2.50. The molecule has 0 radical (unpaired) electrons. The number of carbonyl (C=O) groups excluding carboxylic acids is 1. The molecule has 0 aliphatic carbocycles. The molecule has 2 N–H and O–H groups in total. The number of aryl methyl sites for hydroxylation is 1. The lowest BCUT2D eigenvalue weighted by molar-refractivity contribution is 0.102. The van der Waals surface area contributed by atoms with Gasteiger partial charge in [0.2, 0.25) is 0 Å². The highest BCUT2D eigenvalue weighted by atomic mass is 19.1. The van der Waals surface area contributed by atoms with E-state index in [1.165, 1.54) is 30.3 Å². The molecule has 18 heavy (non-hydrogen) atoms. The number of hydrogen-bond donors (Lipinski definition) is 2. The first-order valence-electron chi connectivity index (χ1n) is 5.19. The first-order chi connectivity index (χ1) is 8.56. The number of nitrogens with one attached hydrogen (secondary N) is 2. The van der Waals surface area contributed by atoms with E-state index in [-0.39, 0.29) is 17.2 Å². The van der Waals surface area contributed by atoms with Crippen LogP contribution < -0.4 is 10.9 Å². The third kappa shape index (κ3) is 2.60. The van der Waals surface area contributed by atoms with Crippen LogP contribution in [0.1, 0.15) is 15.9 Å². The van der Waals surface area contributed by atoms with Crippen molar-refractivity contribution in [3.63, 3.8) is 0 Å². The van der Waals surface area contributed by atoms with Crippen molar-refractivity contribution in [2.75, 3.05) is 5.32 Å². The molecule has 0 bridgehead atoms. The number of aromatic nitrogens is 2. The van der Waals surface area contributed by atoms with Crippen LogP contribution in [0.25, 0.3) is 0 Å². The zero-order chi connectivity index (χ0) is 13.1. The fraction of sp³-hybridized carbons (Fsp3) is 0.0833. The minimum atomic E-state index is -0.419. The van der Waals surface area contributed by atoms with Gasteiger partial charge in [-0.1, -0.05) is 0 Å². The molecule has 0 fully saturated rings. The van der Waals surface area contributed by atoms with E-state index in [2.05, 4.69) is 15.5 Å². The van der Waals surface area contributed by atoms with Crippen LogP contribution in [-0.4, -0.2) is 16.1 Å². The molecule has 0 unspecified atom stereocenters. The summed E-state index contributed by atoms with van der Waals surface area (Å²) < 4.78 is 13.0. The molecular weight excluding hydrogens is 237 g/mol. The van der Waals surface area contributed by atoms with Gasteiger partial charge in [-0.3, -0.25) is 9.59 Å². The molecule has 0 atom stereocenters. The molecule has 1 heterocycles. The number of rotatable bonds is 2. The van der Waals surface area contributed by atoms with Gasteiger partial charge >= 0.3 is 0 Å². The molecule has 1 amide bonds. The lowest BCUT2D eigenvalue weighted by Crippen LogP contribution is -2.16. The van der Waals surface area contributed by atoms with Gasteiger partial charge in [-0.05, 0) is 36.8 Å². The van der Waals surface area contributed by atoms with Crippen molar-refractivity contribution in [1.29, 1.82) is 0 Å². The summed E-state index contributed by atoms with van der Waals surface area (Å²) in [7, 11) is 0. The summed E-state index contributed by atoms with van der Waals surface area (Å²) >= 11 is 0. The number of hydrogen-bond acceptors (Lipinski definition) is 3. The highest BCUT2D eigenvalue weighted by Gasteiger charge is 2.08. The van der Waals surface area contributed by atoms with Gasteiger partial charge in [-0.25, -0.2) is 9.49 Å². The summed E-state index contributed by atoms with van der Waals surface area (Å²) in [6.45, 7) is 1.57. The van der Waals surface area contributed by atoms with Crippen LogP contribution in [0.2, 0.25) is 0 Å². The van der Waals surface area contributed by atoms with Crippen molar-refractivity contribution in [3.05, 3.63) is 57.6 Å². The molecule has 1 aromatic heterocycles. The van der Waals surface area contributed by atoms with Crippen molar-refractivity contribution in [3.8, 4) is 0 Å². The average molecular weight is 247 g/mol. The topological polar surface area (TPSA) is 74.8 Å². The smallest absolute Gasteiger partial charge is 0.264 e. The van der Waals surface area contributed by atoms with Gasteiger partial charge in [0.1, 0.15) is 5.82 Å². The standard InChI is InChI=1S/C12H10FN3O2/c1-7-6-8(2-3-9(7)13)12(18)14-10-4-5-11(17)16-15-10/h2-6H,1H3,(H,16,17)(H,14,15,18). The van der Waals surface area contributed by atoms with Gasteiger partial charge < -0.3 is 5.32 Å². The second-order valence-corrected chi connectivity index (χ2v) is 3.72. The Morgan fingerprint density at radius 1 is 1.33 bits per heavy atom. The molecular formula is C12H10FN3O2. The number of benzene rings is 1. The highest BCUT2D eigenvalue weighted by Crippen LogP contribution is 2.10. The Bertz CT molecular complexity index is 632. The molecule has 1 aromatic carbocycles. The van der Waals surface area contributed by atoms with Crippen LogP contribution in [0.4, 0.5) is 10.2 Å². The van der Waals surface area contributed by atoms with Crippen LogP contribution in [0.3, 0.4) is 0 Å². The second-order valence-electron chi connectivity index (χ2n) is 3.72. The number of halogens is 1. The first-order valence-corrected chi connectivity index (χ1v) is 5.19. The van der Waals surface area contributed by atoms with E-state index in [0.29, 0.717) is 11.1 Å². The van der Waals surface area contributed by atoms with Crippen LogP contribution in [0.15, 0.2) is 35.1 Å². The number of anilines is 1. The first kappa shape index (κ1) is 12.0. The lowest BCUT2D eigenvalue weighted by atomic mass is 10.1. The fourth-order valence-electron chi connectivity index (χ4n) is 1.39. The van der Waals surface area contributed by atoms with Crippen LogP contribution >= 0.6 is 0 Å². The van der Waals surface area contributed by atoms with Crippen molar-refractivity contribution >= 4 is 11.7 Å². The number of nitrogens with zero attached hydrogens (tertiary/aromatic N) is 1. The van der Waals surface area contributed by atoms with Crippen LogP contribution in [0.5, 0.6) is 0 Å². The summed E-state index contributed by atoms with van der Waals surface area (Å²) in [5.74, 6) is -0.562. The Kier molecular flexibility index (Phi) is 3.18. The maximum atomic E-state index is 13.0. The monoisotopic (exact) mass is 247 g/mol. The van der Waals surface area contributed by atoms with E-state index >= 15 is 0 Å². The largest absolute Gasteiger partial charge is 0.305 e. The summed E-state index contributed by atoms with van der Waals surface area (Å²) in [6.07, 6.45) is 0. The molecule has 2 rings (SSSR count). The number of amides is 1. The highest BCUT2D eigenvalue weighted by molar-refractivity contribution is 6.03. The summed E-state index contributed by atoms with van der Waals surface area (Å²) in [5.41, 5.74) is 0.351. The Morgan fingerprint density at radius 2 is 2.11 bits per heavy atom. The SMILES string of the molecule is Cc1cc(C(=O)Nc2ccc(=O)[nH]n2)ccc1F. The van der Waals surface area contributed by atoms with Gasteiger partial charge in [-0.15, -0.1) is 0 Å². The van der Waals surface area contributed by atoms with Crippen LogP contribution in [-0.2, 0) is 0 Å². The average Bonchev–Trinajstić information content (AvgIpc) is 2.35. The summed E-state index contributed by atoms with van der Waals surface area (Å²) in [4.78, 5) is 22.6. The normalized spacial score (nSPS) is 10.1. The quantitative estimate of drug-likeness (QED) is 0.843. The third-order valence-corrected chi connectivity index (χ3v) is 2.34. The summed E-state index contributed by atoms with van der Waals surface area (Å²) in [6, 6.07) is 6.68. The molecule has 0 saturated carbocycles. The third-order valence-electron chi connectivity index (χ3n) is 2.34. The minimum absolute atomic E-state index is 0.224. The van der Waals surface area contributed by atoms with Crippen molar-refractivity contribution < 1.29 is 9.18 Å². The molecule has 92 valence electrons. The van der Waals surface area contributed by atoms with Crippen molar-refractivity contribution in [2.24, 2.45) is 0 Å². The molecule has 0 aliphatic heterocycles. The minimum Gasteiger partial charge on any atom is -0.305 e. The molecule has 2 aromatic rings. The molecule has 0 spiro atoms. The van der Waals surface area contributed by atoms with Gasteiger partial charge in [0.05, 0.1) is 0 Å². The van der Waals surface area contributed by atoms with E-state index in [1.807, 2.05) is 0 Å². The van der Waals surface area contributed by atoms with E-state index in [9.17, 15) is 14.0 Å². The van der Waals surface area contributed by atoms with E-state index in [4.69, 9.17) is 0 Å². The Labute approximate surface area is 102 Å². The molecule has 5 nitrogen and oxygen atoms in total. The molecule has 0 aliphatic rings. The van der Waals surface area contributed by atoms with E-state index in [0.717, 1.165) is 0 Å². The Balaban J connectivity index is 2.19. The molecule has 0 saturated heterocycles. The maximum Gasteiger partial charge on any atom is 0.264 e. The zero-order valence-electron chi connectivity index (χ0n) is 9.53. The fourth-order valence-corrected chi connectivity index (χ4v) is 1.39. The predicted octanol–water partition coefficient (Wildman–Crippen LogP) is 1.47. The number of aromatic amines is 1. The van der Waals surface area contributed by atoms with Crippen LogP contribution in [0, 0.1) is 12.7 Å². The van der Waals surface area contributed by atoms with E-state index < -0.39 is 5.91 Å². The predicted molar refractivity (Wildman–Crippen MR) is 63.9 cm³/mol. The molecule has 6 heteroatoms. The van der Waals surface area contributed by atoms with Gasteiger partial charge in [0.25, 0.3) is 11.5 Å². The number of H-pyrrole nitrogens is 1.